The van der Waals surface area contributed by atoms with E-state index >= 15 is 0 Å². The number of methoxy groups -OCH3 is 1. The number of fused-ring (bicyclic) bond motifs is 1. The lowest BCUT2D eigenvalue weighted by Crippen LogP contribution is -2.17. The summed E-state index contributed by atoms with van der Waals surface area (Å²) in [6, 6.07) is 3.41. The minimum absolute atomic E-state index is 0.143. The van der Waals surface area contributed by atoms with Crippen molar-refractivity contribution in [2.75, 3.05) is 20.3 Å². The van der Waals surface area contributed by atoms with Crippen LogP contribution in [0.25, 0.3) is 0 Å². The lowest BCUT2D eigenvalue weighted by Gasteiger charge is -2.22. The van der Waals surface area contributed by atoms with E-state index in [2.05, 4.69) is 0 Å². The van der Waals surface area contributed by atoms with Crippen LogP contribution < -0.4 is 14.2 Å². The van der Waals surface area contributed by atoms with Crippen molar-refractivity contribution in [3.05, 3.63) is 17.7 Å². The highest BCUT2D eigenvalue weighted by atomic mass is 16.6. The second-order valence-electron chi connectivity index (χ2n) is 3.34. The number of carbonyl (C=O) groups is 1. The summed E-state index contributed by atoms with van der Waals surface area (Å²) in [4.78, 5) is 10.8. The molecule has 0 amide bonds. The van der Waals surface area contributed by atoms with Crippen LogP contribution in [0.5, 0.6) is 17.2 Å². The Kier molecular flexibility index (Phi) is 2.85. The molecule has 16 heavy (non-hydrogen) atoms. The average Bonchev–Trinajstić information content (AvgIpc) is 2.29. The Morgan fingerprint density at radius 1 is 1.44 bits per heavy atom. The fraction of sp³-hybridized carbons (Fsp3) is 0.364. The number of hydrogen-bond donors (Lipinski definition) is 1. The van der Waals surface area contributed by atoms with Crippen molar-refractivity contribution in [1.82, 2.24) is 0 Å². The first kappa shape index (κ1) is 10.6. The molecule has 0 unspecified atom stereocenters. The van der Waals surface area contributed by atoms with Crippen molar-refractivity contribution in [3.8, 4) is 17.2 Å². The fourth-order valence-electron chi connectivity index (χ4n) is 1.67. The molecular formula is C11H12O5. The quantitative estimate of drug-likeness (QED) is 0.832. The third kappa shape index (κ3) is 1.88. The minimum Gasteiger partial charge on any atom is -0.496 e. The number of hydrogen-bond acceptors (Lipinski definition) is 4. The van der Waals surface area contributed by atoms with Crippen LogP contribution in [0.1, 0.15) is 5.56 Å². The minimum atomic E-state index is -0.930. The molecule has 86 valence electrons. The summed E-state index contributed by atoms with van der Waals surface area (Å²) in [7, 11) is 1.50. The van der Waals surface area contributed by atoms with Gasteiger partial charge in [0.25, 0.3) is 0 Å². The highest BCUT2D eigenvalue weighted by molar-refractivity contribution is 5.74. The molecule has 5 nitrogen and oxygen atoms in total. The third-order valence-electron chi connectivity index (χ3n) is 2.32. The Labute approximate surface area is 92.5 Å². The Balaban J connectivity index is 2.47. The third-order valence-corrected chi connectivity index (χ3v) is 2.32. The van der Waals surface area contributed by atoms with Crippen LogP contribution in [-0.2, 0) is 11.2 Å². The van der Waals surface area contributed by atoms with Crippen LogP contribution in [0, 0.1) is 0 Å². The fourth-order valence-corrected chi connectivity index (χ4v) is 1.67. The molecule has 0 spiro atoms. The van der Waals surface area contributed by atoms with Gasteiger partial charge in [0.05, 0.1) is 19.1 Å². The maximum atomic E-state index is 10.8. The zero-order valence-electron chi connectivity index (χ0n) is 8.86. The van der Waals surface area contributed by atoms with Crippen molar-refractivity contribution in [2.45, 2.75) is 6.42 Å². The van der Waals surface area contributed by atoms with Gasteiger partial charge in [0.2, 0.25) is 0 Å². The summed E-state index contributed by atoms with van der Waals surface area (Å²) in [5.74, 6) is 0.629. The van der Waals surface area contributed by atoms with Gasteiger partial charge in [-0.05, 0) is 12.1 Å². The van der Waals surface area contributed by atoms with Crippen LogP contribution in [0.4, 0.5) is 0 Å². The van der Waals surface area contributed by atoms with E-state index in [1.807, 2.05) is 0 Å². The lowest BCUT2D eigenvalue weighted by atomic mass is 10.1. The van der Waals surface area contributed by atoms with E-state index in [1.54, 1.807) is 12.1 Å². The standard InChI is InChI=1S/C11H12O5/c1-14-8-2-3-9-11(16-5-4-15-9)7(8)6-10(12)13/h2-3H,4-6H2,1H3,(H,12,13). The van der Waals surface area contributed by atoms with Gasteiger partial charge in [-0.15, -0.1) is 0 Å². The first-order chi connectivity index (χ1) is 7.72. The van der Waals surface area contributed by atoms with Crippen LogP contribution in [-0.4, -0.2) is 31.4 Å². The highest BCUT2D eigenvalue weighted by Crippen LogP contribution is 2.39. The summed E-state index contributed by atoms with van der Waals surface area (Å²) in [5.41, 5.74) is 0.521. The van der Waals surface area contributed by atoms with Gasteiger partial charge in [-0.3, -0.25) is 4.79 Å². The second kappa shape index (κ2) is 4.30. The Bertz CT molecular complexity index is 413. The number of rotatable bonds is 3. The van der Waals surface area contributed by atoms with Crippen molar-refractivity contribution in [2.24, 2.45) is 0 Å². The van der Waals surface area contributed by atoms with Crippen molar-refractivity contribution in [3.63, 3.8) is 0 Å². The molecule has 5 heteroatoms. The molecule has 1 aromatic carbocycles. The summed E-state index contributed by atoms with van der Waals surface area (Å²) in [6.07, 6.45) is -0.143. The highest BCUT2D eigenvalue weighted by Gasteiger charge is 2.21. The summed E-state index contributed by atoms with van der Waals surface area (Å²) in [6.45, 7) is 0.901. The molecule has 0 aliphatic carbocycles. The first-order valence-corrected chi connectivity index (χ1v) is 4.89. The summed E-state index contributed by atoms with van der Waals surface area (Å²) in [5, 5.41) is 8.84. The predicted molar refractivity (Wildman–Crippen MR) is 55.3 cm³/mol. The molecule has 1 aliphatic rings. The van der Waals surface area contributed by atoms with Crippen LogP contribution in [0.2, 0.25) is 0 Å². The number of carboxylic acid groups (broad SMARTS) is 1. The summed E-state index contributed by atoms with van der Waals surface area (Å²) >= 11 is 0. The first-order valence-electron chi connectivity index (χ1n) is 4.89. The Morgan fingerprint density at radius 3 is 2.88 bits per heavy atom. The molecule has 1 aromatic rings. The van der Waals surface area contributed by atoms with Crippen molar-refractivity contribution >= 4 is 5.97 Å². The Hall–Kier alpha value is -1.91. The molecule has 0 atom stereocenters. The van der Waals surface area contributed by atoms with Crippen molar-refractivity contribution < 1.29 is 24.1 Å². The van der Waals surface area contributed by atoms with E-state index in [4.69, 9.17) is 19.3 Å². The average molecular weight is 224 g/mol. The van der Waals surface area contributed by atoms with Gasteiger partial charge in [0.15, 0.2) is 11.5 Å². The van der Waals surface area contributed by atoms with Gasteiger partial charge in [-0.2, -0.15) is 0 Å². The molecule has 0 bridgehead atoms. The molecule has 0 aromatic heterocycles. The van der Waals surface area contributed by atoms with E-state index in [-0.39, 0.29) is 6.42 Å². The molecule has 2 rings (SSSR count). The Morgan fingerprint density at radius 2 is 2.19 bits per heavy atom. The maximum Gasteiger partial charge on any atom is 0.308 e. The zero-order chi connectivity index (χ0) is 11.5. The second-order valence-corrected chi connectivity index (χ2v) is 3.34. The topological polar surface area (TPSA) is 65.0 Å². The molecule has 0 fully saturated rings. The van der Waals surface area contributed by atoms with Gasteiger partial charge in [-0.25, -0.2) is 0 Å². The lowest BCUT2D eigenvalue weighted by molar-refractivity contribution is -0.136. The van der Waals surface area contributed by atoms with E-state index in [1.165, 1.54) is 7.11 Å². The summed E-state index contributed by atoms with van der Waals surface area (Å²) < 4.78 is 15.9. The normalized spacial score (nSPS) is 13.3. The largest absolute Gasteiger partial charge is 0.496 e. The molecule has 0 saturated carbocycles. The van der Waals surface area contributed by atoms with E-state index in [9.17, 15) is 4.79 Å². The number of benzene rings is 1. The van der Waals surface area contributed by atoms with E-state index in [0.29, 0.717) is 36.0 Å². The zero-order valence-corrected chi connectivity index (χ0v) is 8.86. The SMILES string of the molecule is COc1ccc2c(c1CC(=O)O)OCCO2. The molecular weight excluding hydrogens is 212 g/mol. The molecule has 0 saturated heterocycles. The number of ether oxygens (including phenoxy) is 3. The van der Waals surface area contributed by atoms with Gasteiger partial charge in [0, 0.05) is 0 Å². The van der Waals surface area contributed by atoms with Crippen LogP contribution in [0.15, 0.2) is 12.1 Å². The van der Waals surface area contributed by atoms with E-state index < -0.39 is 5.97 Å². The maximum absolute atomic E-state index is 10.8. The smallest absolute Gasteiger partial charge is 0.308 e. The molecule has 1 aliphatic heterocycles. The van der Waals surface area contributed by atoms with Gasteiger partial charge >= 0.3 is 5.97 Å². The van der Waals surface area contributed by atoms with Gasteiger partial charge < -0.3 is 19.3 Å². The number of aliphatic carboxylic acids is 1. The van der Waals surface area contributed by atoms with Crippen LogP contribution in [0.3, 0.4) is 0 Å². The van der Waals surface area contributed by atoms with Crippen LogP contribution >= 0.6 is 0 Å². The van der Waals surface area contributed by atoms with Gasteiger partial charge in [0.1, 0.15) is 19.0 Å². The predicted octanol–water partition coefficient (Wildman–Crippen LogP) is 1.09. The van der Waals surface area contributed by atoms with E-state index in [0.717, 1.165) is 0 Å². The molecule has 1 N–H and O–H groups in total. The van der Waals surface area contributed by atoms with Crippen molar-refractivity contribution in [1.29, 1.82) is 0 Å². The number of carboxylic acids is 1. The monoisotopic (exact) mass is 224 g/mol. The molecule has 1 heterocycles. The van der Waals surface area contributed by atoms with Gasteiger partial charge in [-0.1, -0.05) is 0 Å². The molecule has 0 radical (unpaired) electrons.